The van der Waals surface area contributed by atoms with Crippen LogP contribution < -0.4 is 0 Å². The number of amides is 1. The van der Waals surface area contributed by atoms with E-state index in [2.05, 4.69) is 18.5 Å². The van der Waals surface area contributed by atoms with Gasteiger partial charge in [0.25, 0.3) is 0 Å². The monoisotopic (exact) mass is 298 g/mol. The van der Waals surface area contributed by atoms with E-state index in [0.29, 0.717) is 6.61 Å². The predicted molar refractivity (Wildman–Crippen MR) is 84.0 cm³/mol. The molecule has 0 unspecified atom stereocenters. The van der Waals surface area contributed by atoms with E-state index in [1.807, 2.05) is 11.1 Å². The lowest BCUT2D eigenvalue weighted by Crippen LogP contribution is -2.54. The van der Waals surface area contributed by atoms with Crippen molar-refractivity contribution < 1.29 is 14.3 Å². The van der Waals surface area contributed by atoms with Crippen LogP contribution in [0.3, 0.4) is 0 Å². The van der Waals surface area contributed by atoms with E-state index in [4.69, 9.17) is 9.47 Å². The highest BCUT2D eigenvalue weighted by molar-refractivity contribution is 5.67. The molecular formula is C16H30N2O3. The zero-order valence-electron chi connectivity index (χ0n) is 13.7. The van der Waals surface area contributed by atoms with Crippen molar-refractivity contribution in [2.45, 2.75) is 57.5 Å². The van der Waals surface area contributed by atoms with Gasteiger partial charge in [-0.3, -0.25) is 0 Å². The van der Waals surface area contributed by atoms with Crippen LogP contribution in [0.25, 0.3) is 0 Å². The fraction of sp³-hybridized carbons (Fsp3) is 0.812. The fourth-order valence-electron chi connectivity index (χ4n) is 3.00. The van der Waals surface area contributed by atoms with E-state index in [-0.39, 0.29) is 18.2 Å². The minimum atomic E-state index is -0.277. The number of hydrogen-bond acceptors (Lipinski definition) is 4. The summed E-state index contributed by atoms with van der Waals surface area (Å²) in [5.41, 5.74) is 0. The number of carbonyl (C=O) groups excluding carboxylic acids is 1. The van der Waals surface area contributed by atoms with E-state index in [0.717, 1.165) is 45.1 Å². The lowest BCUT2D eigenvalue weighted by Gasteiger charge is -2.40. The van der Waals surface area contributed by atoms with Crippen LogP contribution >= 0.6 is 0 Å². The second-order valence-corrected chi connectivity index (χ2v) is 5.55. The Morgan fingerprint density at radius 3 is 2.86 bits per heavy atom. The summed E-state index contributed by atoms with van der Waals surface area (Å²) in [7, 11) is 3.15. The zero-order chi connectivity index (χ0) is 15.7. The van der Waals surface area contributed by atoms with Gasteiger partial charge < -0.3 is 9.47 Å². The van der Waals surface area contributed by atoms with E-state index >= 15 is 0 Å². The Balaban J connectivity index is 2.90. The molecule has 0 aromatic heterocycles. The molecule has 21 heavy (non-hydrogen) atoms. The van der Waals surface area contributed by atoms with Gasteiger partial charge >= 0.3 is 6.09 Å². The molecule has 1 rings (SSSR count). The van der Waals surface area contributed by atoms with Gasteiger partial charge in [-0.2, -0.15) is 0 Å². The Morgan fingerprint density at radius 1 is 1.52 bits per heavy atom. The van der Waals surface area contributed by atoms with Gasteiger partial charge in [-0.15, -0.1) is 6.58 Å². The quantitative estimate of drug-likeness (QED) is 0.613. The summed E-state index contributed by atoms with van der Waals surface area (Å²) in [5.74, 6) is 0. The highest BCUT2D eigenvalue weighted by Gasteiger charge is 2.36. The van der Waals surface area contributed by atoms with E-state index in [1.165, 1.54) is 7.11 Å². The van der Waals surface area contributed by atoms with Crippen LogP contribution in [0, 0.1) is 0 Å². The van der Waals surface area contributed by atoms with E-state index in [1.54, 1.807) is 7.11 Å². The topological polar surface area (TPSA) is 42.0 Å². The molecule has 1 heterocycles. The maximum absolute atomic E-state index is 12.3. The van der Waals surface area contributed by atoms with Crippen molar-refractivity contribution in [3.63, 3.8) is 0 Å². The molecule has 2 atom stereocenters. The van der Waals surface area contributed by atoms with Crippen LogP contribution in [0.1, 0.15) is 45.4 Å². The molecule has 0 aliphatic carbocycles. The van der Waals surface area contributed by atoms with Crippen LogP contribution in [0.5, 0.6) is 0 Å². The largest absolute Gasteiger partial charge is 0.452 e. The van der Waals surface area contributed by atoms with Gasteiger partial charge in [-0.25, -0.2) is 14.8 Å². The number of carbonyl (C=O) groups is 1. The average molecular weight is 298 g/mol. The van der Waals surface area contributed by atoms with Crippen molar-refractivity contribution in [2.24, 2.45) is 0 Å². The van der Waals surface area contributed by atoms with E-state index < -0.39 is 0 Å². The number of hydrazine groups is 1. The molecule has 1 amide bonds. The molecule has 122 valence electrons. The number of unbranched alkanes of at least 4 members (excludes halogenated alkanes) is 1. The third kappa shape index (κ3) is 5.00. The van der Waals surface area contributed by atoms with Crippen LogP contribution in [0.15, 0.2) is 12.7 Å². The Hall–Kier alpha value is -1.07. The molecule has 1 aliphatic rings. The molecule has 0 bridgehead atoms. The molecule has 0 aromatic carbocycles. The molecule has 0 N–H and O–H groups in total. The van der Waals surface area contributed by atoms with Crippen molar-refractivity contribution in [2.75, 3.05) is 27.4 Å². The summed E-state index contributed by atoms with van der Waals surface area (Å²) in [6.45, 7) is 7.52. The zero-order valence-corrected chi connectivity index (χ0v) is 13.7. The molecule has 1 aliphatic heterocycles. The molecular weight excluding hydrogens is 268 g/mol. The number of nitrogens with zero attached hydrogens (tertiary/aromatic N) is 2. The van der Waals surface area contributed by atoms with Crippen molar-refractivity contribution in [1.29, 1.82) is 0 Å². The second-order valence-electron chi connectivity index (χ2n) is 5.55. The van der Waals surface area contributed by atoms with Crippen molar-refractivity contribution in [3.8, 4) is 0 Å². The summed E-state index contributed by atoms with van der Waals surface area (Å²) in [5, 5.41) is 3.95. The Kier molecular flexibility index (Phi) is 8.38. The van der Waals surface area contributed by atoms with Gasteiger partial charge in [-0.1, -0.05) is 25.8 Å². The first-order valence-electron chi connectivity index (χ1n) is 7.93. The first-order chi connectivity index (χ1) is 10.2. The molecule has 0 radical (unpaired) electrons. The molecule has 0 spiro atoms. The predicted octanol–water partition coefficient (Wildman–Crippen LogP) is 3.22. The highest BCUT2D eigenvalue weighted by Crippen LogP contribution is 2.25. The van der Waals surface area contributed by atoms with Gasteiger partial charge in [0.05, 0.1) is 25.8 Å². The van der Waals surface area contributed by atoms with Gasteiger partial charge in [0.2, 0.25) is 0 Å². The van der Waals surface area contributed by atoms with Gasteiger partial charge in [0, 0.05) is 13.7 Å². The summed E-state index contributed by atoms with van der Waals surface area (Å²) in [4.78, 5) is 12.3. The fourth-order valence-corrected chi connectivity index (χ4v) is 3.00. The maximum Gasteiger partial charge on any atom is 0.424 e. The third-order valence-corrected chi connectivity index (χ3v) is 4.02. The van der Waals surface area contributed by atoms with Crippen LogP contribution in [0.2, 0.25) is 0 Å². The lowest BCUT2D eigenvalue weighted by molar-refractivity contribution is -0.0699. The Labute approximate surface area is 128 Å². The standard InChI is InChI=1S/C16H30N2O3/c1-5-7-10-14(9-6-2)18(16(19)21-4)17-12-8-11-15(17)13-20-3/h6,14-15H,2,5,7-13H2,1,3-4H3/t14-,15+/m1/s1. The summed E-state index contributed by atoms with van der Waals surface area (Å²) in [6, 6.07) is 0.371. The number of ether oxygens (including phenoxy) is 2. The third-order valence-electron chi connectivity index (χ3n) is 4.02. The van der Waals surface area contributed by atoms with Crippen molar-refractivity contribution in [3.05, 3.63) is 12.7 Å². The van der Waals surface area contributed by atoms with Crippen LogP contribution in [0.4, 0.5) is 4.79 Å². The highest BCUT2D eigenvalue weighted by atomic mass is 16.5. The Bertz CT molecular complexity index is 323. The van der Waals surface area contributed by atoms with Gasteiger partial charge in [0.15, 0.2) is 0 Å². The molecule has 5 nitrogen and oxygen atoms in total. The number of hydrogen-bond donors (Lipinski definition) is 0. The van der Waals surface area contributed by atoms with Crippen molar-refractivity contribution >= 4 is 6.09 Å². The second kappa shape index (κ2) is 9.79. The molecule has 0 aromatic rings. The first kappa shape index (κ1) is 18.0. The number of rotatable bonds is 9. The van der Waals surface area contributed by atoms with Gasteiger partial charge in [0.1, 0.15) is 0 Å². The molecule has 0 saturated carbocycles. The molecule has 5 heteroatoms. The SMILES string of the molecule is C=CC[C@H](CCCC)N(C(=O)OC)N1CCC[C@H]1COC. The van der Waals surface area contributed by atoms with Crippen molar-refractivity contribution in [1.82, 2.24) is 10.0 Å². The van der Waals surface area contributed by atoms with E-state index in [9.17, 15) is 4.79 Å². The molecule has 1 fully saturated rings. The summed E-state index contributed by atoms with van der Waals surface area (Å²) in [6.07, 6.45) is 7.70. The summed E-state index contributed by atoms with van der Waals surface area (Å²) < 4.78 is 10.3. The normalized spacial score (nSPS) is 20.2. The Morgan fingerprint density at radius 2 is 2.29 bits per heavy atom. The first-order valence-corrected chi connectivity index (χ1v) is 7.93. The summed E-state index contributed by atoms with van der Waals surface area (Å²) >= 11 is 0. The average Bonchev–Trinajstić information content (AvgIpc) is 2.93. The minimum Gasteiger partial charge on any atom is -0.452 e. The molecule has 1 saturated heterocycles. The van der Waals surface area contributed by atoms with Crippen LogP contribution in [-0.2, 0) is 9.47 Å². The minimum absolute atomic E-state index is 0.118. The van der Waals surface area contributed by atoms with Crippen LogP contribution in [-0.4, -0.2) is 55.6 Å². The number of methoxy groups -OCH3 is 2. The smallest absolute Gasteiger partial charge is 0.424 e. The maximum atomic E-state index is 12.3. The van der Waals surface area contributed by atoms with Gasteiger partial charge in [-0.05, 0) is 25.7 Å². The lowest BCUT2D eigenvalue weighted by atomic mass is 10.1.